The highest BCUT2D eigenvalue weighted by molar-refractivity contribution is 7.88. The Hall–Kier alpha value is -3.81. The highest BCUT2D eigenvalue weighted by Crippen LogP contribution is 2.45. The van der Waals surface area contributed by atoms with Crippen molar-refractivity contribution in [2.75, 3.05) is 68.8 Å². The molecule has 2 aliphatic heterocycles. The molecule has 0 radical (unpaired) electrons. The molecule has 0 spiro atoms. The number of sulfonamides is 1. The van der Waals surface area contributed by atoms with E-state index in [9.17, 15) is 18.0 Å². The van der Waals surface area contributed by atoms with Gasteiger partial charge in [0.1, 0.15) is 11.3 Å². The molecule has 3 aromatic rings. The summed E-state index contributed by atoms with van der Waals surface area (Å²) in [7, 11) is -3.59. The van der Waals surface area contributed by atoms with Gasteiger partial charge in [0.2, 0.25) is 15.8 Å². The van der Waals surface area contributed by atoms with Crippen molar-refractivity contribution in [2.24, 2.45) is 5.41 Å². The van der Waals surface area contributed by atoms with Gasteiger partial charge in [-0.2, -0.15) is 14.1 Å². The van der Waals surface area contributed by atoms with E-state index in [1.165, 1.54) is 8.99 Å². The molecule has 3 heterocycles. The third-order valence-electron chi connectivity index (χ3n) is 9.19. The van der Waals surface area contributed by atoms with Crippen LogP contribution in [0.25, 0.3) is 5.69 Å². The zero-order chi connectivity index (χ0) is 35.0. The minimum atomic E-state index is -3.59. The number of piperazine rings is 2. The smallest absolute Gasteiger partial charge is 0.410 e. The van der Waals surface area contributed by atoms with Gasteiger partial charge < -0.3 is 24.2 Å². The van der Waals surface area contributed by atoms with Crippen LogP contribution in [0.4, 0.5) is 16.2 Å². The molecule has 1 saturated carbocycles. The third-order valence-corrected chi connectivity index (χ3v) is 11.3. The van der Waals surface area contributed by atoms with Crippen LogP contribution in [0.2, 0.25) is 5.02 Å². The predicted molar refractivity (Wildman–Crippen MR) is 191 cm³/mol. The van der Waals surface area contributed by atoms with Crippen molar-refractivity contribution in [3.8, 4) is 11.4 Å². The molecule has 2 saturated heterocycles. The quantitative estimate of drug-likeness (QED) is 0.309. The number of anilines is 2. The standard InChI is InChI=1S/C35H45ClN6O6S/c1-34(2,3)48-33(44)40-16-14-38(15-17-40)28-10-8-26(9-11-28)24-49(45,46)41-20-18-39(19-21-41)30-23-37-42(29-7-5-6-27(36)22-29)32(43)31(30)47-25-35(4)12-13-35/h5-11,22-23H,12-21,24-25H2,1-4H3. The number of benzene rings is 2. The lowest BCUT2D eigenvalue weighted by Crippen LogP contribution is -2.50. The summed E-state index contributed by atoms with van der Waals surface area (Å²) in [5.74, 6) is 0.106. The second-order valence-electron chi connectivity index (χ2n) is 14.4. The Labute approximate surface area is 293 Å². The van der Waals surface area contributed by atoms with E-state index in [0.717, 1.165) is 18.5 Å². The van der Waals surface area contributed by atoms with Crippen molar-refractivity contribution in [1.82, 2.24) is 19.0 Å². The van der Waals surface area contributed by atoms with Crippen LogP contribution in [0, 0.1) is 5.41 Å². The van der Waals surface area contributed by atoms with Gasteiger partial charge >= 0.3 is 11.7 Å². The van der Waals surface area contributed by atoms with E-state index in [-0.39, 0.29) is 41.7 Å². The molecule has 6 rings (SSSR count). The Morgan fingerprint density at radius 2 is 1.57 bits per heavy atom. The van der Waals surface area contributed by atoms with Gasteiger partial charge in [0.25, 0.3) is 0 Å². The third kappa shape index (κ3) is 8.50. The number of ether oxygens (including phenoxy) is 2. The van der Waals surface area contributed by atoms with Crippen LogP contribution >= 0.6 is 11.6 Å². The molecule has 49 heavy (non-hydrogen) atoms. The minimum absolute atomic E-state index is 0.0512. The molecular weight excluding hydrogens is 668 g/mol. The summed E-state index contributed by atoms with van der Waals surface area (Å²) in [6, 6.07) is 14.5. The van der Waals surface area contributed by atoms with E-state index in [1.54, 1.807) is 35.4 Å². The first kappa shape index (κ1) is 35.0. The number of halogens is 1. The Balaban J connectivity index is 1.07. The molecule has 2 aromatic carbocycles. The topological polar surface area (TPSA) is 118 Å². The van der Waals surface area contributed by atoms with Crippen molar-refractivity contribution >= 4 is 39.1 Å². The summed E-state index contributed by atoms with van der Waals surface area (Å²) in [6.07, 6.45) is 3.41. The molecule has 14 heteroatoms. The Kier molecular flexibility index (Phi) is 9.89. The maximum atomic E-state index is 13.7. The maximum Gasteiger partial charge on any atom is 0.410 e. The average Bonchev–Trinajstić information content (AvgIpc) is 3.80. The van der Waals surface area contributed by atoms with Gasteiger partial charge in [-0.15, -0.1) is 0 Å². The lowest BCUT2D eigenvalue weighted by Gasteiger charge is -2.37. The van der Waals surface area contributed by atoms with Gasteiger partial charge in [0.05, 0.1) is 24.2 Å². The molecule has 1 aliphatic carbocycles. The molecule has 12 nitrogen and oxygen atoms in total. The SMILES string of the molecule is CC1(COc2c(N3CCN(S(=O)(=O)Cc4ccc(N5CCN(C(=O)OC(C)(C)C)CC5)cc4)CC3)cnn(-c3cccc(Cl)c3)c2=O)CC1. The number of aromatic nitrogens is 2. The average molecular weight is 713 g/mol. The monoisotopic (exact) mass is 712 g/mol. The van der Waals surface area contributed by atoms with Gasteiger partial charge in [-0.05, 0) is 69.5 Å². The first-order chi connectivity index (χ1) is 23.2. The Bertz CT molecular complexity index is 1820. The molecule has 3 fully saturated rings. The number of amides is 1. The maximum absolute atomic E-state index is 13.7. The van der Waals surface area contributed by atoms with Gasteiger partial charge in [0.15, 0.2) is 0 Å². The van der Waals surface area contributed by atoms with E-state index in [4.69, 9.17) is 21.1 Å². The second kappa shape index (κ2) is 13.8. The molecule has 264 valence electrons. The van der Waals surface area contributed by atoms with Gasteiger partial charge in [-0.25, -0.2) is 13.2 Å². The van der Waals surface area contributed by atoms with Crippen LogP contribution in [-0.2, 0) is 20.5 Å². The van der Waals surface area contributed by atoms with E-state index in [0.29, 0.717) is 67.8 Å². The fourth-order valence-corrected chi connectivity index (χ4v) is 7.67. The molecule has 0 bridgehead atoms. The lowest BCUT2D eigenvalue weighted by atomic mass is 10.2. The first-order valence-corrected chi connectivity index (χ1v) is 18.7. The molecule has 1 aromatic heterocycles. The van der Waals surface area contributed by atoms with Crippen molar-refractivity contribution < 1.29 is 22.7 Å². The molecule has 3 aliphatic rings. The van der Waals surface area contributed by atoms with Crippen LogP contribution in [0.3, 0.4) is 0 Å². The summed E-state index contributed by atoms with van der Waals surface area (Å²) in [6.45, 7) is 11.9. The van der Waals surface area contributed by atoms with Gasteiger partial charge in [-0.3, -0.25) is 4.79 Å². The summed E-state index contributed by atoms with van der Waals surface area (Å²) >= 11 is 6.19. The second-order valence-corrected chi connectivity index (χ2v) is 16.8. The fourth-order valence-electron chi connectivity index (χ4n) is 5.97. The van der Waals surface area contributed by atoms with Crippen LogP contribution in [0.5, 0.6) is 5.75 Å². The van der Waals surface area contributed by atoms with E-state index in [2.05, 4.69) is 16.9 Å². The highest BCUT2D eigenvalue weighted by Gasteiger charge is 2.39. The number of carbonyl (C=O) groups is 1. The lowest BCUT2D eigenvalue weighted by molar-refractivity contribution is 0.0240. The largest absolute Gasteiger partial charge is 0.486 e. The Morgan fingerprint density at radius 3 is 2.18 bits per heavy atom. The number of rotatable bonds is 9. The Morgan fingerprint density at radius 1 is 0.918 bits per heavy atom. The van der Waals surface area contributed by atoms with Crippen LogP contribution in [0.15, 0.2) is 59.5 Å². The zero-order valence-electron chi connectivity index (χ0n) is 28.6. The van der Waals surface area contributed by atoms with Crippen molar-refractivity contribution in [2.45, 2.75) is 51.9 Å². The number of carbonyl (C=O) groups excluding carboxylic acids is 1. The fraction of sp³-hybridized carbons (Fsp3) is 0.514. The minimum Gasteiger partial charge on any atom is -0.486 e. The van der Waals surface area contributed by atoms with Crippen LogP contribution in [0.1, 0.15) is 46.1 Å². The predicted octanol–water partition coefficient (Wildman–Crippen LogP) is 4.77. The number of hydrogen-bond acceptors (Lipinski definition) is 9. The summed E-state index contributed by atoms with van der Waals surface area (Å²) < 4.78 is 41.5. The van der Waals surface area contributed by atoms with Gasteiger partial charge in [-0.1, -0.05) is 36.7 Å². The van der Waals surface area contributed by atoms with E-state index >= 15 is 0 Å². The summed E-state index contributed by atoms with van der Waals surface area (Å²) in [5.41, 5.74) is 1.93. The summed E-state index contributed by atoms with van der Waals surface area (Å²) in [5, 5.41) is 4.93. The van der Waals surface area contributed by atoms with E-state index in [1.807, 2.05) is 49.9 Å². The zero-order valence-corrected chi connectivity index (χ0v) is 30.2. The van der Waals surface area contributed by atoms with Gasteiger partial charge in [0, 0.05) is 68.5 Å². The van der Waals surface area contributed by atoms with Crippen LogP contribution in [-0.4, -0.2) is 98.1 Å². The number of hydrogen-bond donors (Lipinski definition) is 0. The summed E-state index contributed by atoms with van der Waals surface area (Å²) in [4.78, 5) is 32.0. The van der Waals surface area contributed by atoms with Crippen molar-refractivity contribution in [1.29, 1.82) is 0 Å². The highest BCUT2D eigenvalue weighted by atomic mass is 35.5. The molecule has 0 unspecified atom stereocenters. The first-order valence-electron chi connectivity index (χ1n) is 16.8. The van der Waals surface area contributed by atoms with Crippen LogP contribution < -0.4 is 20.1 Å². The molecule has 1 amide bonds. The van der Waals surface area contributed by atoms with Crippen molar-refractivity contribution in [3.63, 3.8) is 0 Å². The normalized spacial score (nSPS) is 18.3. The van der Waals surface area contributed by atoms with E-state index < -0.39 is 15.6 Å². The number of nitrogens with zero attached hydrogens (tertiary/aromatic N) is 6. The molecule has 0 atom stereocenters. The molecular formula is C35H45ClN6O6S. The van der Waals surface area contributed by atoms with Crippen molar-refractivity contribution in [3.05, 3.63) is 75.7 Å². The molecule has 0 N–H and O–H groups in total.